The summed E-state index contributed by atoms with van der Waals surface area (Å²) in [6, 6.07) is 0. The molecule has 48 valence electrons. The van der Waals surface area contributed by atoms with E-state index in [1.54, 1.807) is 0 Å². The highest BCUT2D eigenvalue weighted by Crippen LogP contribution is 1.96. The lowest BCUT2D eigenvalue weighted by molar-refractivity contribution is -0.118. The van der Waals surface area contributed by atoms with Crippen molar-refractivity contribution in [2.24, 2.45) is 0 Å². The number of carbonyl (C=O) groups is 1. The largest absolute Gasteiger partial charge is 0.300 e. The third-order valence-corrected chi connectivity index (χ3v) is 1.44. The minimum atomic E-state index is 0.405. The van der Waals surface area contributed by atoms with Crippen LogP contribution in [0.5, 0.6) is 0 Å². The molecular weight excluding hydrogens is 215 g/mol. The summed E-state index contributed by atoms with van der Waals surface area (Å²) in [6.07, 6.45) is 2.52. The van der Waals surface area contributed by atoms with Crippen LogP contribution in [0.2, 0.25) is 0 Å². The molecule has 0 rings (SSSR count). The summed E-state index contributed by atoms with van der Waals surface area (Å²) < 4.78 is 0.969. The molecule has 0 aliphatic heterocycles. The van der Waals surface area contributed by atoms with Crippen molar-refractivity contribution in [1.29, 1.82) is 0 Å². The van der Waals surface area contributed by atoms with Gasteiger partial charge in [-0.25, -0.2) is 0 Å². The number of halogens is 1. The predicted molar refractivity (Wildman–Crippen MR) is 43.4 cm³/mol. The Labute approximate surface area is 64.0 Å². The van der Waals surface area contributed by atoms with E-state index in [2.05, 4.69) is 22.6 Å². The lowest BCUT2D eigenvalue weighted by Gasteiger charge is -1.90. The molecule has 0 saturated heterocycles. The highest BCUT2D eigenvalue weighted by Gasteiger charge is 1.95. The van der Waals surface area contributed by atoms with Gasteiger partial charge in [0, 0.05) is 17.3 Å². The molecule has 0 N–H and O–H groups in total. The second-order valence-electron chi connectivity index (χ2n) is 1.73. The molecule has 0 unspecified atom stereocenters. The van der Waals surface area contributed by atoms with Gasteiger partial charge in [-0.2, -0.15) is 0 Å². The molecule has 0 aliphatic carbocycles. The summed E-state index contributed by atoms with van der Waals surface area (Å²) >= 11 is 2.22. The summed E-state index contributed by atoms with van der Waals surface area (Å²) in [6.45, 7) is 2.03. The lowest BCUT2D eigenvalue weighted by Crippen LogP contribution is -1.95. The molecule has 0 spiro atoms. The van der Waals surface area contributed by atoms with E-state index in [0.717, 1.165) is 23.7 Å². The average Bonchev–Trinajstić information content (AvgIpc) is 1.68. The molecule has 2 heteroatoms. The SMILES string of the molecule is CCCC(=O)CCI. The van der Waals surface area contributed by atoms with Gasteiger partial charge in [0.25, 0.3) is 0 Å². The first-order chi connectivity index (χ1) is 3.81. The molecule has 0 aliphatic rings. The van der Waals surface area contributed by atoms with E-state index in [9.17, 15) is 4.79 Å². The van der Waals surface area contributed by atoms with Gasteiger partial charge in [-0.3, -0.25) is 4.79 Å². The molecule has 0 radical (unpaired) electrons. The van der Waals surface area contributed by atoms with Gasteiger partial charge in [0.15, 0.2) is 0 Å². The predicted octanol–water partition coefficient (Wildman–Crippen LogP) is 2.18. The fraction of sp³-hybridized carbons (Fsp3) is 0.833. The molecule has 0 atom stereocenters. The minimum Gasteiger partial charge on any atom is -0.300 e. The average molecular weight is 226 g/mol. The summed E-state index contributed by atoms with van der Waals surface area (Å²) in [5.74, 6) is 0.405. The summed E-state index contributed by atoms with van der Waals surface area (Å²) in [4.78, 5) is 10.6. The Hall–Kier alpha value is 0.400. The van der Waals surface area contributed by atoms with Crippen molar-refractivity contribution in [2.75, 3.05) is 4.43 Å². The van der Waals surface area contributed by atoms with Gasteiger partial charge in [-0.05, 0) is 6.42 Å². The van der Waals surface area contributed by atoms with Crippen LogP contribution in [0.4, 0.5) is 0 Å². The second-order valence-corrected chi connectivity index (χ2v) is 2.81. The number of ketones is 1. The van der Waals surface area contributed by atoms with Crippen LogP contribution in [0.3, 0.4) is 0 Å². The second kappa shape index (κ2) is 5.54. The van der Waals surface area contributed by atoms with Crippen molar-refractivity contribution in [3.8, 4) is 0 Å². The van der Waals surface area contributed by atoms with Gasteiger partial charge in [0.05, 0.1) is 0 Å². The van der Waals surface area contributed by atoms with Crippen LogP contribution >= 0.6 is 22.6 Å². The molecular formula is C6H11IO. The van der Waals surface area contributed by atoms with Gasteiger partial charge in [0.1, 0.15) is 5.78 Å². The van der Waals surface area contributed by atoms with E-state index in [1.807, 2.05) is 6.92 Å². The van der Waals surface area contributed by atoms with Crippen LogP contribution in [0.25, 0.3) is 0 Å². The van der Waals surface area contributed by atoms with Crippen LogP contribution < -0.4 is 0 Å². The Bertz CT molecular complexity index is 62.9. The van der Waals surface area contributed by atoms with Gasteiger partial charge < -0.3 is 0 Å². The normalized spacial score (nSPS) is 9.25. The summed E-state index contributed by atoms with van der Waals surface area (Å²) in [5, 5.41) is 0. The quantitative estimate of drug-likeness (QED) is 0.530. The summed E-state index contributed by atoms with van der Waals surface area (Å²) in [7, 11) is 0. The molecule has 0 aromatic carbocycles. The van der Waals surface area contributed by atoms with Crippen molar-refractivity contribution < 1.29 is 4.79 Å². The lowest BCUT2D eigenvalue weighted by atomic mass is 10.2. The highest BCUT2D eigenvalue weighted by atomic mass is 127. The first kappa shape index (κ1) is 8.40. The maximum absolute atomic E-state index is 10.6. The molecule has 1 nitrogen and oxygen atoms in total. The minimum absolute atomic E-state index is 0.405. The van der Waals surface area contributed by atoms with Crippen molar-refractivity contribution in [1.82, 2.24) is 0 Å². The maximum atomic E-state index is 10.6. The van der Waals surface area contributed by atoms with Crippen molar-refractivity contribution in [3.63, 3.8) is 0 Å². The fourth-order valence-corrected chi connectivity index (χ4v) is 1.11. The zero-order chi connectivity index (χ0) is 6.41. The van der Waals surface area contributed by atoms with Crippen LogP contribution in [-0.4, -0.2) is 10.2 Å². The van der Waals surface area contributed by atoms with E-state index in [0.29, 0.717) is 5.78 Å². The van der Waals surface area contributed by atoms with E-state index < -0.39 is 0 Å². The topological polar surface area (TPSA) is 17.1 Å². The Morgan fingerprint density at radius 1 is 1.50 bits per heavy atom. The Kier molecular flexibility index (Phi) is 5.81. The van der Waals surface area contributed by atoms with E-state index >= 15 is 0 Å². The maximum Gasteiger partial charge on any atom is 0.133 e. The highest BCUT2D eigenvalue weighted by molar-refractivity contribution is 14.1. The monoisotopic (exact) mass is 226 g/mol. The number of Topliss-reactive ketones (excluding diaryl/α,β-unsaturated/α-hetero) is 1. The first-order valence-corrected chi connectivity index (χ1v) is 4.41. The molecule has 0 bridgehead atoms. The van der Waals surface area contributed by atoms with Gasteiger partial charge in [0.2, 0.25) is 0 Å². The van der Waals surface area contributed by atoms with Crippen molar-refractivity contribution in [3.05, 3.63) is 0 Å². The molecule has 8 heavy (non-hydrogen) atoms. The Morgan fingerprint density at radius 2 is 2.12 bits per heavy atom. The van der Waals surface area contributed by atoms with Gasteiger partial charge in [-0.15, -0.1) is 0 Å². The Morgan fingerprint density at radius 3 is 2.50 bits per heavy atom. The zero-order valence-corrected chi connectivity index (χ0v) is 7.27. The first-order valence-electron chi connectivity index (χ1n) is 2.89. The smallest absolute Gasteiger partial charge is 0.133 e. The molecule has 0 saturated carbocycles. The third-order valence-electron chi connectivity index (χ3n) is 0.902. The molecule has 0 fully saturated rings. The number of rotatable bonds is 4. The molecule has 0 aromatic rings. The number of alkyl halides is 1. The fourth-order valence-electron chi connectivity index (χ4n) is 0.509. The van der Waals surface area contributed by atoms with Crippen LogP contribution in [0.15, 0.2) is 0 Å². The van der Waals surface area contributed by atoms with Crippen LogP contribution in [-0.2, 0) is 4.79 Å². The number of hydrogen-bond acceptors (Lipinski definition) is 1. The van der Waals surface area contributed by atoms with E-state index in [-0.39, 0.29) is 0 Å². The Balaban J connectivity index is 3.06. The third kappa shape index (κ3) is 4.56. The van der Waals surface area contributed by atoms with Crippen molar-refractivity contribution >= 4 is 28.4 Å². The van der Waals surface area contributed by atoms with Crippen molar-refractivity contribution in [2.45, 2.75) is 26.2 Å². The molecule has 0 aromatic heterocycles. The van der Waals surface area contributed by atoms with E-state index in [4.69, 9.17) is 0 Å². The number of hydrogen-bond donors (Lipinski definition) is 0. The standard InChI is InChI=1S/C6H11IO/c1-2-3-6(8)4-5-7/h2-5H2,1H3. The number of carbonyl (C=O) groups excluding carboxylic acids is 1. The summed E-state index contributed by atoms with van der Waals surface area (Å²) in [5.41, 5.74) is 0. The van der Waals surface area contributed by atoms with Crippen LogP contribution in [0, 0.1) is 0 Å². The van der Waals surface area contributed by atoms with Gasteiger partial charge >= 0.3 is 0 Å². The van der Waals surface area contributed by atoms with E-state index in [1.165, 1.54) is 0 Å². The van der Waals surface area contributed by atoms with Gasteiger partial charge in [-0.1, -0.05) is 29.5 Å². The zero-order valence-electron chi connectivity index (χ0n) is 5.11. The molecule has 0 amide bonds. The van der Waals surface area contributed by atoms with Crippen LogP contribution in [0.1, 0.15) is 26.2 Å². The molecule has 0 heterocycles.